The Kier molecular flexibility index (Phi) is 6.35. The first-order valence-corrected chi connectivity index (χ1v) is 18.1. The van der Waals surface area contributed by atoms with Gasteiger partial charge in [0.2, 0.25) is 13.4 Å². The van der Waals surface area contributed by atoms with Crippen LogP contribution in [-0.2, 0) is 5.41 Å². The summed E-state index contributed by atoms with van der Waals surface area (Å²) in [5, 5.41) is 2.70. The van der Waals surface area contributed by atoms with Crippen LogP contribution in [0.5, 0.6) is 0 Å². The molecule has 1 nitrogen and oxygen atoms in total. The first kappa shape index (κ1) is 28.7. The van der Waals surface area contributed by atoms with E-state index in [0.717, 1.165) is 0 Å². The summed E-state index contributed by atoms with van der Waals surface area (Å²) in [5.74, 6) is 0. The van der Waals surface area contributed by atoms with E-state index in [0.29, 0.717) is 0 Å². The first-order valence-electron chi connectivity index (χ1n) is 17.3. The molecular formula is C45H33B2NS. The Labute approximate surface area is 292 Å². The number of nitrogens with zero attached hydrogens (tertiary/aromatic N) is 1. The van der Waals surface area contributed by atoms with Gasteiger partial charge in [-0.25, -0.2) is 0 Å². The van der Waals surface area contributed by atoms with E-state index >= 15 is 0 Å². The molecular weight excluding hydrogens is 608 g/mol. The minimum Gasteiger partial charge on any atom is -0.309 e. The van der Waals surface area contributed by atoms with E-state index in [9.17, 15) is 0 Å². The van der Waals surface area contributed by atoms with Crippen molar-refractivity contribution in [1.82, 2.24) is 0 Å². The Morgan fingerprint density at radius 1 is 0.408 bits per heavy atom. The van der Waals surface area contributed by atoms with Gasteiger partial charge in [0.15, 0.2) is 0 Å². The summed E-state index contributed by atoms with van der Waals surface area (Å²) in [5.41, 5.74) is 14.7. The highest BCUT2D eigenvalue weighted by atomic mass is 32.1. The van der Waals surface area contributed by atoms with Crippen LogP contribution < -0.4 is 37.7 Å². The number of anilines is 3. The molecule has 7 aromatic carbocycles. The third-order valence-electron chi connectivity index (χ3n) is 11.1. The molecule has 10 rings (SSSR count). The molecule has 0 unspecified atom stereocenters. The zero-order valence-corrected chi connectivity index (χ0v) is 28.4. The highest BCUT2D eigenvalue weighted by Crippen LogP contribution is 2.53. The molecule has 0 N–H and O–H groups in total. The van der Waals surface area contributed by atoms with Crippen LogP contribution in [0.3, 0.4) is 0 Å². The van der Waals surface area contributed by atoms with Gasteiger partial charge in [-0.2, -0.15) is 0 Å². The maximum atomic E-state index is 2.54. The molecule has 2 aliphatic heterocycles. The number of hydrogen-bond donors (Lipinski definition) is 0. The molecule has 0 saturated carbocycles. The Hall–Kier alpha value is -5.31. The lowest BCUT2D eigenvalue weighted by Gasteiger charge is -2.42. The van der Waals surface area contributed by atoms with Crippen molar-refractivity contribution in [3.8, 4) is 0 Å². The molecule has 0 radical (unpaired) electrons. The zero-order valence-electron chi connectivity index (χ0n) is 27.6. The molecule has 1 aromatic heterocycles. The minimum atomic E-state index is -0.107. The largest absolute Gasteiger partial charge is 0.309 e. The Balaban J connectivity index is 1.27. The fraction of sp³-hybridized carbons (Fsp3) is 0.0667. The van der Waals surface area contributed by atoms with Crippen LogP contribution in [0.25, 0.3) is 20.2 Å². The second-order valence-electron chi connectivity index (χ2n) is 14.0. The third kappa shape index (κ3) is 4.14. The Bertz CT molecular complexity index is 2470. The lowest BCUT2D eigenvalue weighted by Crippen LogP contribution is -2.74. The van der Waals surface area contributed by atoms with E-state index in [4.69, 9.17) is 0 Å². The second-order valence-corrected chi connectivity index (χ2v) is 15.1. The van der Waals surface area contributed by atoms with Crippen molar-refractivity contribution in [3.63, 3.8) is 0 Å². The monoisotopic (exact) mass is 641 g/mol. The minimum absolute atomic E-state index is 0.107. The number of para-hydroxylation sites is 2. The molecule has 0 aliphatic carbocycles. The quantitative estimate of drug-likeness (QED) is 0.181. The molecule has 49 heavy (non-hydrogen) atoms. The van der Waals surface area contributed by atoms with Crippen LogP contribution in [0.15, 0.2) is 164 Å². The molecule has 0 saturated heterocycles. The van der Waals surface area contributed by atoms with Gasteiger partial charge in [-0.05, 0) is 46.8 Å². The molecule has 0 bridgehead atoms. The number of hydrogen-bond acceptors (Lipinski definition) is 2. The van der Waals surface area contributed by atoms with E-state index in [1.807, 2.05) is 11.3 Å². The van der Waals surface area contributed by atoms with Crippen molar-refractivity contribution in [2.45, 2.75) is 19.3 Å². The highest BCUT2D eigenvalue weighted by Gasteiger charge is 2.40. The number of benzene rings is 7. The van der Waals surface area contributed by atoms with Gasteiger partial charge >= 0.3 is 0 Å². The average Bonchev–Trinajstić information content (AvgIpc) is 3.54. The van der Waals surface area contributed by atoms with Gasteiger partial charge in [-0.3, -0.25) is 0 Å². The fourth-order valence-electron chi connectivity index (χ4n) is 8.98. The number of fused-ring (bicyclic) bond motifs is 7. The fourth-order valence-corrected chi connectivity index (χ4v) is 10.1. The van der Waals surface area contributed by atoms with Gasteiger partial charge in [-0.15, -0.1) is 11.3 Å². The van der Waals surface area contributed by atoms with Crippen molar-refractivity contribution in [1.29, 1.82) is 0 Å². The summed E-state index contributed by atoms with van der Waals surface area (Å²) in [6, 6.07) is 61.2. The molecule has 230 valence electrons. The summed E-state index contributed by atoms with van der Waals surface area (Å²) in [6.45, 7) is 5.04. The number of rotatable bonds is 3. The van der Waals surface area contributed by atoms with Gasteiger partial charge in [0, 0.05) is 20.2 Å². The van der Waals surface area contributed by atoms with Crippen LogP contribution in [0, 0.1) is 0 Å². The third-order valence-corrected chi connectivity index (χ3v) is 12.2. The summed E-state index contributed by atoms with van der Waals surface area (Å²) in [6.07, 6.45) is 0. The summed E-state index contributed by atoms with van der Waals surface area (Å²) < 4.78 is 2.65. The van der Waals surface area contributed by atoms with Crippen molar-refractivity contribution in [2.24, 2.45) is 0 Å². The van der Waals surface area contributed by atoms with Crippen LogP contribution in [-0.4, -0.2) is 13.4 Å². The number of thiophene rings is 1. The highest BCUT2D eigenvalue weighted by molar-refractivity contribution is 7.26. The van der Waals surface area contributed by atoms with Crippen molar-refractivity contribution < 1.29 is 0 Å². The van der Waals surface area contributed by atoms with Crippen LogP contribution in [0.2, 0.25) is 0 Å². The molecule has 0 amide bonds. The van der Waals surface area contributed by atoms with Gasteiger partial charge in [0.05, 0.1) is 17.1 Å². The summed E-state index contributed by atoms with van der Waals surface area (Å²) in [4.78, 5) is 2.54. The van der Waals surface area contributed by atoms with Crippen molar-refractivity contribution >= 4 is 94.8 Å². The average molecular weight is 641 g/mol. The first-order chi connectivity index (χ1) is 24.1. The molecule has 8 aromatic rings. The maximum absolute atomic E-state index is 2.54. The van der Waals surface area contributed by atoms with Gasteiger partial charge < -0.3 is 4.90 Å². The molecule has 0 atom stereocenters. The van der Waals surface area contributed by atoms with Crippen LogP contribution >= 0.6 is 11.3 Å². The maximum Gasteiger partial charge on any atom is 0.240 e. The van der Waals surface area contributed by atoms with E-state index in [-0.39, 0.29) is 18.8 Å². The topological polar surface area (TPSA) is 3.24 Å². The summed E-state index contributed by atoms with van der Waals surface area (Å²) in [7, 11) is 0. The van der Waals surface area contributed by atoms with E-state index in [2.05, 4.69) is 183 Å². The van der Waals surface area contributed by atoms with Crippen molar-refractivity contribution in [2.75, 3.05) is 4.90 Å². The van der Waals surface area contributed by atoms with Crippen LogP contribution in [0.4, 0.5) is 17.1 Å². The van der Waals surface area contributed by atoms with Crippen molar-refractivity contribution in [3.05, 3.63) is 175 Å². The standard InChI is InChI=1S/C45H33B2NS/c1-45(2)31-18-6-12-25-38(31)48(39-26-13-7-19-32(39)45)40-27-15-29-42-44(40)43-37(24-14-28-41(43)49-42)47-35-22-10-8-20-33(35)46(30-16-4-3-5-17-30)34-21-9-11-23-36(34)47/h3-29H,1-2H3. The lowest BCUT2D eigenvalue weighted by atomic mass is 9.21. The van der Waals surface area contributed by atoms with Gasteiger partial charge in [0.25, 0.3) is 0 Å². The lowest BCUT2D eigenvalue weighted by molar-refractivity contribution is 0.632. The predicted octanol–water partition coefficient (Wildman–Crippen LogP) is 7.51. The Morgan fingerprint density at radius 3 is 1.47 bits per heavy atom. The normalized spacial score (nSPS) is 14.4. The van der Waals surface area contributed by atoms with E-state index < -0.39 is 0 Å². The molecule has 0 fully saturated rings. The SMILES string of the molecule is CC1(C)c2ccccc2N(c2cccc3sc4cccc(B5c6ccccc6B(c6ccccc6)c6ccccc65)c4c23)c2ccccc21. The van der Waals surface area contributed by atoms with Gasteiger partial charge in [0.1, 0.15) is 0 Å². The molecule has 2 aliphatic rings. The van der Waals surface area contributed by atoms with Crippen LogP contribution in [0.1, 0.15) is 25.0 Å². The van der Waals surface area contributed by atoms with E-state index in [1.54, 1.807) is 0 Å². The zero-order chi connectivity index (χ0) is 32.7. The predicted molar refractivity (Wildman–Crippen MR) is 215 cm³/mol. The molecule has 4 heteroatoms. The second kappa shape index (κ2) is 10.9. The Morgan fingerprint density at radius 2 is 0.857 bits per heavy atom. The molecule has 3 heterocycles. The smallest absolute Gasteiger partial charge is 0.240 e. The molecule has 0 spiro atoms. The van der Waals surface area contributed by atoms with E-state index in [1.165, 1.54) is 81.1 Å². The summed E-state index contributed by atoms with van der Waals surface area (Å²) >= 11 is 1.91. The van der Waals surface area contributed by atoms with Gasteiger partial charge in [-0.1, -0.05) is 180 Å².